The van der Waals surface area contributed by atoms with Gasteiger partial charge in [0.25, 0.3) is 6.71 Å². The van der Waals surface area contributed by atoms with Crippen LogP contribution in [0.4, 0.5) is 51.2 Å². The number of anilines is 9. The monoisotopic (exact) mass is 964 g/mol. The van der Waals surface area contributed by atoms with Crippen molar-refractivity contribution >= 4 is 159 Å². The van der Waals surface area contributed by atoms with Crippen LogP contribution in [0.2, 0.25) is 0 Å². The molecule has 2 aliphatic rings. The molecule has 2 aliphatic heterocycles. The van der Waals surface area contributed by atoms with Gasteiger partial charge in [-0.1, -0.05) is 146 Å². The van der Waals surface area contributed by atoms with E-state index in [1.165, 1.54) is 95.8 Å². The SMILES string of the molecule is c1ccc(N2c3cc(N(c4ccccc4)c4cccc5c4c4ccccc4n5-c4ccccc4)cc4c3B(c3ccc5sc6ccccc6c5c32)c2ccc3sc5ccccc5c3c2N4c2ccccc2)cc1. The minimum atomic E-state index is -0.0763. The van der Waals surface area contributed by atoms with Crippen LogP contribution in [0, 0.1) is 0 Å². The van der Waals surface area contributed by atoms with Gasteiger partial charge in [0, 0.05) is 85.2 Å². The van der Waals surface area contributed by atoms with Gasteiger partial charge in [0.2, 0.25) is 0 Å². The summed E-state index contributed by atoms with van der Waals surface area (Å²) in [5.41, 5.74) is 17.7. The number of hydrogen-bond donors (Lipinski definition) is 0. The highest BCUT2D eigenvalue weighted by molar-refractivity contribution is 7.26. The first-order valence-corrected chi connectivity index (χ1v) is 26.6. The Morgan fingerprint density at radius 3 is 1.37 bits per heavy atom. The van der Waals surface area contributed by atoms with E-state index in [9.17, 15) is 0 Å². The first-order valence-electron chi connectivity index (χ1n) is 25.0. The molecule has 0 saturated heterocycles. The van der Waals surface area contributed by atoms with Gasteiger partial charge in [0.1, 0.15) is 0 Å². The standard InChI is InChI=1S/C66H41BN4S2/c1-5-20-42(21-6-1)68(53-32-19-33-54-61(53)47-28-13-16-31-52(47)69(54)43-22-7-2-8-23-43)46-40-55-64-56(41-46)71(45-26-11-4-12-27-45)66-51(37-39-60-63(66)49-30-15-18-35-58(49)73-60)67(64)50-36-38-59-62(48-29-14-17-34-57(48)72-59)65(50)70(55)44-24-9-3-10-25-44/h1-41H. The lowest BCUT2D eigenvalue weighted by atomic mass is 9.33. The zero-order chi connectivity index (χ0) is 47.7. The zero-order valence-corrected chi connectivity index (χ0v) is 41.0. The van der Waals surface area contributed by atoms with Crippen LogP contribution in [0.15, 0.2) is 249 Å². The van der Waals surface area contributed by atoms with Crippen molar-refractivity contribution in [3.05, 3.63) is 249 Å². The second-order valence-corrected chi connectivity index (χ2v) is 21.3. The van der Waals surface area contributed by atoms with E-state index >= 15 is 0 Å². The Kier molecular flexibility index (Phi) is 8.84. The van der Waals surface area contributed by atoms with E-state index in [0.717, 1.165) is 39.6 Å². The molecule has 0 aliphatic carbocycles. The van der Waals surface area contributed by atoms with Gasteiger partial charge in [0.05, 0.1) is 33.8 Å². The van der Waals surface area contributed by atoms with Gasteiger partial charge in [-0.2, -0.15) is 0 Å². The number of thiophene rings is 2. The van der Waals surface area contributed by atoms with Crippen molar-refractivity contribution in [1.29, 1.82) is 0 Å². The Morgan fingerprint density at radius 1 is 0.342 bits per heavy atom. The Bertz CT molecular complexity index is 4340. The maximum absolute atomic E-state index is 2.60. The third kappa shape index (κ3) is 5.89. The average Bonchev–Trinajstić information content (AvgIpc) is 4.14. The van der Waals surface area contributed by atoms with Crippen LogP contribution in [0.25, 0.3) is 67.8 Å². The molecule has 14 aromatic rings. The molecule has 73 heavy (non-hydrogen) atoms. The fourth-order valence-corrected chi connectivity index (χ4v) is 14.7. The highest BCUT2D eigenvalue weighted by Crippen LogP contribution is 2.54. The van der Waals surface area contributed by atoms with Crippen LogP contribution in [-0.4, -0.2) is 11.3 Å². The number of rotatable bonds is 6. The molecular weight excluding hydrogens is 924 g/mol. The maximum atomic E-state index is 2.60. The van der Waals surface area contributed by atoms with E-state index in [0.29, 0.717) is 0 Å². The van der Waals surface area contributed by atoms with E-state index in [2.05, 4.69) is 268 Å². The molecule has 0 amide bonds. The van der Waals surface area contributed by atoms with E-state index in [-0.39, 0.29) is 6.71 Å². The summed E-state index contributed by atoms with van der Waals surface area (Å²) in [4.78, 5) is 7.73. The number of aromatic nitrogens is 1. The van der Waals surface area contributed by atoms with Gasteiger partial charge < -0.3 is 19.3 Å². The summed E-state index contributed by atoms with van der Waals surface area (Å²) in [6, 6.07) is 92.4. The molecule has 3 aromatic heterocycles. The smallest absolute Gasteiger partial charge is 0.252 e. The van der Waals surface area contributed by atoms with Gasteiger partial charge >= 0.3 is 0 Å². The van der Waals surface area contributed by atoms with Crippen molar-refractivity contribution in [3.63, 3.8) is 0 Å². The first-order chi connectivity index (χ1) is 36.3. The molecule has 0 radical (unpaired) electrons. The minimum Gasteiger partial charge on any atom is -0.311 e. The Labute approximate surface area is 430 Å². The first kappa shape index (κ1) is 40.8. The quantitative estimate of drug-likeness (QED) is 0.154. The van der Waals surface area contributed by atoms with Crippen LogP contribution >= 0.6 is 22.7 Å². The molecule has 0 N–H and O–H groups in total. The number of hydrogen-bond acceptors (Lipinski definition) is 5. The zero-order valence-electron chi connectivity index (χ0n) is 39.4. The number of para-hydroxylation sites is 5. The molecule has 0 fully saturated rings. The topological polar surface area (TPSA) is 14.7 Å². The lowest BCUT2D eigenvalue weighted by molar-refractivity contribution is 1.18. The van der Waals surface area contributed by atoms with Crippen LogP contribution in [0.5, 0.6) is 0 Å². The molecular formula is C66H41BN4S2. The molecule has 0 atom stereocenters. The van der Waals surface area contributed by atoms with E-state index in [1.807, 2.05) is 22.7 Å². The minimum absolute atomic E-state index is 0.0763. The van der Waals surface area contributed by atoms with Crippen molar-refractivity contribution in [1.82, 2.24) is 4.57 Å². The fraction of sp³-hybridized carbons (Fsp3) is 0. The fourth-order valence-electron chi connectivity index (χ4n) is 12.4. The molecule has 340 valence electrons. The van der Waals surface area contributed by atoms with Gasteiger partial charge in [-0.05, 0) is 120 Å². The lowest BCUT2D eigenvalue weighted by Crippen LogP contribution is -2.61. The maximum Gasteiger partial charge on any atom is 0.252 e. The molecule has 0 unspecified atom stereocenters. The Balaban J connectivity index is 1.09. The molecule has 16 rings (SSSR count). The van der Waals surface area contributed by atoms with Crippen molar-refractivity contribution in [2.45, 2.75) is 0 Å². The summed E-state index contributed by atoms with van der Waals surface area (Å²) < 4.78 is 7.59. The van der Waals surface area contributed by atoms with Crippen molar-refractivity contribution in [2.24, 2.45) is 0 Å². The van der Waals surface area contributed by atoms with Gasteiger partial charge in [0.15, 0.2) is 0 Å². The molecule has 11 aromatic carbocycles. The summed E-state index contributed by atoms with van der Waals surface area (Å²) in [6.45, 7) is -0.0763. The van der Waals surface area contributed by atoms with Crippen molar-refractivity contribution < 1.29 is 0 Å². The summed E-state index contributed by atoms with van der Waals surface area (Å²) >= 11 is 3.78. The van der Waals surface area contributed by atoms with Gasteiger partial charge in [-0.25, -0.2) is 0 Å². The third-order valence-electron chi connectivity index (χ3n) is 15.3. The molecule has 0 bridgehead atoms. The number of benzene rings is 11. The normalized spacial score (nSPS) is 12.8. The summed E-state index contributed by atoms with van der Waals surface area (Å²) in [5, 5.41) is 7.57. The predicted octanol–water partition coefficient (Wildman–Crippen LogP) is 17.1. The van der Waals surface area contributed by atoms with Crippen LogP contribution in [-0.2, 0) is 0 Å². The highest BCUT2D eigenvalue weighted by Gasteiger charge is 2.46. The lowest BCUT2D eigenvalue weighted by Gasteiger charge is -2.45. The summed E-state index contributed by atoms with van der Waals surface area (Å²) in [6.07, 6.45) is 0. The molecule has 5 heterocycles. The van der Waals surface area contributed by atoms with Gasteiger partial charge in [-0.15, -0.1) is 22.7 Å². The molecule has 0 spiro atoms. The van der Waals surface area contributed by atoms with Crippen molar-refractivity contribution in [2.75, 3.05) is 14.7 Å². The molecule has 4 nitrogen and oxygen atoms in total. The Morgan fingerprint density at radius 2 is 0.808 bits per heavy atom. The van der Waals surface area contributed by atoms with Gasteiger partial charge in [-0.3, -0.25) is 0 Å². The highest BCUT2D eigenvalue weighted by atomic mass is 32.1. The average molecular weight is 965 g/mol. The predicted molar refractivity (Wildman–Crippen MR) is 315 cm³/mol. The summed E-state index contributed by atoms with van der Waals surface area (Å²) in [5.74, 6) is 0. The summed E-state index contributed by atoms with van der Waals surface area (Å²) in [7, 11) is 0. The van der Waals surface area contributed by atoms with E-state index in [1.54, 1.807) is 0 Å². The van der Waals surface area contributed by atoms with Crippen molar-refractivity contribution in [3.8, 4) is 5.69 Å². The van der Waals surface area contributed by atoms with E-state index in [4.69, 9.17) is 0 Å². The largest absolute Gasteiger partial charge is 0.311 e. The van der Waals surface area contributed by atoms with Crippen LogP contribution < -0.4 is 31.1 Å². The second kappa shape index (κ2) is 15.8. The third-order valence-corrected chi connectivity index (χ3v) is 17.6. The molecule has 0 saturated carbocycles. The second-order valence-electron chi connectivity index (χ2n) is 19.2. The van der Waals surface area contributed by atoms with Crippen LogP contribution in [0.3, 0.4) is 0 Å². The number of nitrogens with zero attached hydrogens (tertiary/aromatic N) is 4. The number of fused-ring (bicyclic) bond motifs is 15. The molecule has 7 heteroatoms. The van der Waals surface area contributed by atoms with E-state index < -0.39 is 0 Å². The van der Waals surface area contributed by atoms with Crippen LogP contribution in [0.1, 0.15) is 0 Å². The Hall–Kier alpha value is -8.88.